The van der Waals surface area contributed by atoms with E-state index in [1.54, 1.807) is 41.3 Å². The van der Waals surface area contributed by atoms with E-state index in [4.69, 9.17) is 4.74 Å². The Balaban J connectivity index is 1.62. The van der Waals surface area contributed by atoms with E-state index in [0.717, 1.165) is 23.2 Å². The number of carbonyl (C=O) groups is 1. The Morgan fingerprint density at radius 2 is 1.54 bits per heavy atom. The van der Waals surface area contributed by atoms with Crippen molar-refractivity contribution >= 4 is 27.3 Å². The zero-order chi connectivity index (χ0) is 26.0. The molecule has 1 amide bonds. The summed E-state index contributed by atoms with van der Waals surface area (Å²) in [7, 11) is -2.49. The van der Waals surface area contributed by atoms with Crippen LogP contribution in [0, 0.1) is 0 Å². The fraction of sp³-hybridized carbons (Fsp3) is 0.167. The molecule has 0 N–H and O–H groups in total. The molecule has 1 aliphatic heterocycles. The number of rotatable bonds is 7. The molecule has 188 valence electrons. The molecule has 0 saturated heterocycles. The van der Waals surface area contributed by atoms with E-state index in [2.05, 4.69) is 0 Å². The molecule has 0 spiro atoms. The van der Waals surface area contributed by atoms with Crippen LogP contribution in [-0.4, -0.2) is 27.5 Å². The Morgan fingerprint density at radius 3 is 2.27 bits per heavy atom. The average molecular weight is 513 g/mol. The van der Waals surface area contributed by atoms with Gasteiger partial charge in [-0.2, -0.15) is 0 Å². The molecule has 4 aromatic rings. The standard InChI is InChI=1S/C30H28N2O4S/c1-22-20-24-12-6-8-14-28(24)32(22)30(33)27-13-7-9-15-29(27)31(21-23-10-4-3-5-11-23)37(34,35)26-18-16-25(36-2)17-19-26/h3-19,22H,20-21H2,1-2H3. The number of hydrogen-bond acceptors (Lipinski definition) is 4. The van der Waals surface area contributed by atoms with Crippen LogP contribution in [0.2, 0.25) is 0 Å². The van der Waals surface area contributed by atoms with Crippen molar-refractivity contribution in [3.63, 3.8) is 0 Å². The van der Waals surface area contributed by atoms with Crippen LogP contribution in [0.1, 0.15) is 28.4 Å². The molecule has 0 fully saturated rings. The zero-order valence-electron chi connectivity index (χ0n) is 20.7. The van der Waals surface area contributed by atoms with Gasteiger partial charge in [0.05, 0.1) is 29.8 Å². The largest absolute Gasteiger partial charge is 0.497 e. The molecule has 1 unspecified atom stereocenters. The number of fused-ring (bicyclic) bond motifs is 1. The number of methoxy groups -OCH3 is 1. The van der Waals surface area contributed by atoms with Gasteiger partial charge in [-0.25, -0.2) is 8.42 Å². The van der Waals surface area contributed by atoms with Gasteiger partial charge in [0, 0.05) is 11.7 Å². The highest BCUT2D eigenvalue weighted by Crippen LogP contribution is 2.36. The lowest BCUT2D eigenvalue weighted by molar-refractivity contribution is 0.0982. The van der Waals surface area contributed by atoms with Crippen molar-refractivity contribution in [2.24, 2.45) is 0 Å². The summed E-state index contributed by atoms with van der Waals surface area (Å²) in [5.74, 6) is 0.335. The Labute approximate surface area is 217 Å². The van der Waals surface area contributed by atoms with Crippen molar-refractivity contribution in [1.29, 1.82) is 0 Å². The van der Waals surface area contributed by atoms with E-state index in [0.29, 0.717) is 17.0 Å². The maximum absolute atomic E-state index is 14.1. The van der Waals surface area contributed by atoms with Crippen molar-refractivity contribution in [2.45, 2.75) is 30.8 Å². The Bertz CT molecular complexity index is 1520. The molecule has 0 aliphatic carbocycles. The second-order valence-corrected chi connectivity index (χ2v) is 10.9. The number of benzene rings is 4. The van der Waals surface area contributed by atoms with E-state index in [1.807, 2.05) is 61.5 Å². The highest BCUT2D eigenvalue weighted by molar-refractivity contribution is 7.92. The molecule has 5 rings (SSSR count). The van der Waals surface area contributed by atoms with Gasteiger partial charge < -0.3 is 9.64 Å². The van der Waals surface area contributed by atoms with Crippen LogP contribution in [-0.2, 0) is 23.0 Å². The van der Waals surface area contributed by atoms with Crippen molar-refractivity contribution in [2.75, 3.05) is 16.3 Å². The molecule has 0 bridgehead atoms. The number of anilines is 2. The van der Waals surface area contributed by atoms with Gasteiger partial charge in [-0.05, 0) is 66.9 Å². The summed E-state index contributed by atoms with van der Waals surface area (Å²) in [6.07, 6.45) is 0.752. The number of nitrogens with zero attached hydrogens (tertiary/aromatic N) is 2. The Morgan fingerprint density at radius 1 is 0.892 bits per heavy atom. The Kier molecular flexibility index (Phi) is 6.72. The predicted octanol–water partition coefficient (Wildman–Crippen LogP) is 5.68. The second-order valence-electron chi connectivity index (χ2n) is 9.05. The molecule has 7 heteroatoms. The number of ether oxygens (including phenoxy) is 1. The lowest BCUT2D eigenvalue weighted by Gasteiger charge is -2.29. The third kappa shape index (κ3) is 4.70. The lowest BCUT2D eigenvalue weighted by atomic mass is 10.1. The maximum atomic E-state index is 14.1. The van der Waals surface area contributed by atoms with Gasteiger partial charge in [0.2, 0.25) is 0 Å². The fourth-order valence-corrected chi connectivity index (χ4v) is 6.27. The third-order valence-electron chi connectivity index (χ3n) is 6.65. The summed E-state index contributed by atoms with van der Waals surface area (Å²) in [6.45, 7) is 2.09. The number of amides is 1. The van der Waals surface area contributed by atoms with Gasteiger partial charge in [-0.15, -0.1) is 0 Å². The molecule has 4 aromatic carbocycles. The number of carbonyl (C=O) groups excluding carboxylic acids is 1. The SMILES string of the molecule is COc1ccc(S(=O)(=O)N(Cc2ccccc2)c2ccccc2C(=O)N2c3ccccc3CC2C)cc1. The van der Waals surface area contributed by atoms with Crippen molar-refractivity contribution in [1.82, 2.24) is 0 Å². The Hall–Kier alpha value is -4.10. The van der Waals surface area contributed by atoms with Gasteiger partial charge in [-0.1, -0.05) is 60.7 Å². The summed E-state index contributed by atoms with van der Waals surface area (Å²) in [6, 6.07) is 30.4. The topological polar surface area (TPSA) is 66.9 Å². The van der Waals surface area contributed by atoms with E-state index in [9.17, 15) is 13.2 Å². The van der Waals surface area contributed by atoms with Crippen LogP contribution < -0.4 is 13.9 Å². The van der Waals surface area contributed by atoms with Crippen molar-refractivity contribution in [3.8, 4) is 5.75 Å². The predicted molar refractivity (Wildman–Crippen MR) is 146 cm³/mol. The van der Waals surface area contributed by atoms with Gasteiger partial charge in [0.25, 0.3) is 15.9 Å². The summed E-state index contributed by atoms with van der Waals surface area (Å²) in [5, 5.41) is 0. The quantitative estimate of drug-likeness (QED) is 0.319. The highest BCUT2D eigenvalue weighted by atomic mass is 32.2. The summed E-state index contributed by atoms with van der Waals surface area (Å²) < 4.78 is 34.6. The molecule has 1 atom stereocenters. The van der Waals surface area contributed by atoms with Crippen LogP contribution in [0.3, 0.4) is 0 Å². The minimum absolute atomic E-state index is 0.0428. The average Bonchev–Trinajstić information content (AvgIpc) is 3.27. The molecular weight excluding hydrogens is 484 g/mol. The zero-order valence-corrected chi connectivity index (χ0v) is 21.6. The molecule has 1 aliphatic rings. The lowest BCUT2D eigenvalue weighted by Crippen LogP contribution is -2.38. The number of hydrogen-bond donors (Lipinski definition) is 0. The summed E-state index contributed by atoms with van der Waals surface area (Å²) >= 11 is 0. The smallest absolute Gasteiger partial charge is 0.264 e. The van der Waals surface area contributed by atoms with Crippen molar-refractivity contribution < 1.29 is 17.9 Å². The number of sulfonamides is 1. The first kappa shape index (κ1) is 24.6. The van der Waals surface area contributed by atoms with E-state index >= 15 is 0 Å². The highest BCUT2D eigenvalue weighted by Gasteiger charge is 2.35. The van der Waals surface area contributed by atoms with E-state index < -0.39 is 10.0 Å². The van der Waals surface area contributed by atoms with Crippen LogP contribution in [0.25, 0.3) is 0 Å². The molecule has 0 aromatic heterocycles. The second kappa shape index (κ2) is 10.1. The molecule has 37 heavy (non-hydrogen) atoms. The maximum Gasteiger partial charge on any atom is 0.264 e. The van der Waals surface area contributed by atoms with Crippen LogP contribution in [0.15, 0.2) is 108 Å². The monoisotopic (exact) mass is 512 g/mol. The molecule has 6 nitrogen and oxygen atoms in total. The van der Waals surface area contributed by atoms with Gasteiger partial charge >= 0.3 is 0 Å². The van der Waals surface area contributed by atoms with Gasteiger partial charge in [0.15, 0.2) is 0 Å². The van der Waals surface area contributed by atoms with Gasteiger partial charge in [0.1, 0.15) is 5.75 Å². The molecular formula is C30H28N2O4S. The first-order valence-corrected chi connectivity index (χ1v) is 13.6. The normalized spacial score (nSPS) is 14.8. The van der Waals surface area contributed by atoms with Crippen LogP contribution >= 0.6 is 0 Å². The van der Waals surface area contributed by atoms with Crippen LogP contribution in [0.5, 0.6) is 5.75 Å². The fourth-order valence-electron chi connectivity index (χ4n) is 4.80. The van der Waals surface area contributed by atoms with E-state index in [-0.39, 0.29) is 23.4 Å². The minimum Gasteiger partial charge on any atom is -0.497 e. The molecule has 0 saturated carbocycles. The summed E-state index contributed by atoms with van der Waals surface area (Å²) in [5.41, 5.74) is 3.44. The minimum atomic E-state index is -4.02. The molecule has 0 radical (unpaired) electrons. The number of para-hydroxylation sites is 2. The van der Waals surface area contributed by atoms with Crippen LogP contribution in [0.4, 0.5) is 11.4 Å². The van der Waals surface area contributed by atoms with E-state index in [1.165, 1.54) is 23.5 Å². The van der Waals surface area contributed by atoms with Crippen molar-refractivity contribution in [3.05, 3.63) is 120 Å². The third-order valence-corrected chi connectivity index (χ3v) is 8.42. The summed E-state index contributed by atoms with van der Waals surface area (Å²) in [4.78, 5) is 15.9. The van der Waals surface area contributed by atoms with Gasteiger partial charge in [-0.3, -0.25) is 9.10 Å². The first-order valence-electron chi connectivity index (χ1n) is 12.1. The first-order chi connectivity index (χ1) is 17.9. The molecule has 1 heterocycles.